The van der Waals surface area contributed by atoms with Crippen LogP contribution in [0.25, 0.3) is 0 Å². The van der Waals surface area contributed by atoms with Gasteiger partial charge in [-0.1, -0.05) is 24.6 Å². The van der Waals surface area contributed by atoms with Crippen LogP contribution < -0.4 is 10.2 Å². The Kier molecular flexibility index (Phi) is 3.47. The summed E-state index contributed by atoms with van der Waals surface area (Å²) >= 11 is 0. The average Bonchev–Trinajstić information content (AvgIpc) is 2.59. The number of para-hydroxylation sites is 1. The topological polar surface area (TPSA) is 49.4 Å². The third-order valence-corrected chi connectivity index (χ3v) is 4.76. The van der Waals surface area contributed by atoms with Crippen LogP contribution in [0.5, 0.6) is 0 Å². The van der Waals surface area contributed by atoms with Gasteiger partial charge >= 0.3 is 0 Å². The number of benzene rings is 1. The molecular weight excluding hydrogens is 264 g/mol. The third-order valence-electron chi connectivity index (χ3n) is 4.76. The number of hydrogen-bond donors (Lipinski definition) is 1. The van der Waals surface area contributed by atoms with E-state index in [0.29, 0.717) is 5.92 Å². The third kappa shape index (κ3) is 2.43. The van der Waals surface area contributed by atoms with Gasteiger partial charge in [0, 0.05) is 12.2 Å². The van der Waals surface area contributed by atoms with Gasteiger partial charge in [-0.3, -0.25) is 9.59 Å². The number of carbonyl (C=O) groups is 2. The molecule has 0 radical (unpaired) electrons. The van der Waals surface area contributed by atoms with E-state index in [0.717, 1.165) is 17.8 Å². The molecule has 112 valence electrons. The Bertz CT molecular complexity index is 576. The van der Waals surface area contributed by atoms with Crippen molar-refractivity contribution in [3.8, 4) is 0 Å². The van der Waals surface area contributed by atoms with Crippen LogP contribution in [0, 0.1) is 5.92 Å². The number of nitrogens with zero attached hydrogens (tertiary/aromatic N) is 1. The van der Waals surface area contributed by atoms with Crippen LogP contribution in [0.3, 0.4) is 0 Å². The molecule has 3 rings (SSSR count). The Hall–Kier alpha value is -1.84. The van der Waals surface area contributed by atoms with Gasteiger partial charge in [0.25, 0.3) is 0 Å². The van der Waals surface area contributed by atoms with Crippen molar-refractivity contribution < 1.29 is 9.59 Å². The monoisotopic (exact) mass is 286 g/mol. The molecule has 4 heteroatoms. The van der Waals surface area contributed by atoms with Crippen molar-refractivity contribution in [1.82, 2.24) is 5.32 Å². The Morgan fingerprint density at radius 1 is 1.33 bits per heavy atom. The highest BCUT2D eigenvalue weighted by molar-refractivity contribution is 6.10. The van der Waals surface area contributed by atoms with Crippen molar-refractivity contribution in [2.45, 2.75) is 38.5 Å². The number of rotatable bonds is 4. The lowest BCUT2D eigenvalue weighted by atomic mass is 9.85. The largest absolute Gasteiger partial charge is 0.354 e. The molecule has 0 aromatic heterocycles. The highest BCUT2D eigenvalue weighted by atomic mass is 16.2. The summed E-state index contributed by atoms with van der Waals surface area (Å²) < 4.78 is 0. The number of anilines is 1. The van der Waals surface area contributed by atoms with Crippen molar-refractivity contribution in [3.63, 3.8) is 0 Å². The van der Waals surface area contributed by atoms with Crippen LogP contribution in [0.1, 0.15) is 38.7 Å². The maximum atomic E-state index is 12.6. The van der Waals surface area contributed by atoms with Gasteiger partial charge in [0.05, 0.1) is 5.41 Å². The first-order chi connectivity index (χ1) is 10.00. The van der Waals surface area contributed by atoms with Gasteiger partial charge in [0.1, 0.15) is 6.54 Å². The summed E-state index contributed by atoms with van der Waals surface area (Å²) in [5.74, 6) is 0.567. The summed E-state index contributed by atoms with van der Waals surface area (Å²) in [6.45, 7) is 4.69. The molecule has 2 amide bonds. The first kappa shape index (κ1) is 14.1. The Labute approximate surface area is 125 Å². The lowest BCUT2D eigenvalue weighted by Crippen LogP contribution is -2.44. The van der Waals surface area contributed by atoms with Gasteiger partial charge in [-0.2, -0.15) is 0 Å². The minimum atomic E-state index is -0.551. The molecule has 0 atom stereocenters. The Balaban J connectivity index is 1.70. The predicted molar refractivity (Wildman–Crippen MR) is 82.2 cm³/mol. The van der Waals surface area contributed by atoms with E-state index in [1.165, 1.54) is 19.3 Å². The molecule has 1 aliphatic heterocycles. The zero-order chi connectivity index (χ0) is 15.0. The van der Waals surface area contributed by atoms with Crippen LogP contribution in [0.4, 0.5) is 5.69 Å². The Morgan fingerprint density at radius 3 is 2.71 bits per heavy atom. The molecule has 1 heterocycles. The fourth-order valence-corrected chi connectivity index (χ4v) is 3.11. The lowest BCUT2D eigenvalue weighted by Gasteiger charge is -2.26. The van der Waals surface area contributed by atoms with E-state index in [1.807, 2.05) is 38.1 Å². The number of fused-ring (bicyclic) bond motifs is 1. The molecule has 1 N–H and O–H groups in total. The summed E-state index contributed by atoms with van der Waals surface area (Å²) in [4.78, 5) is 26.3. The predicted octanol–water partition coefficient (Wildman–Crippen LogP) is 2.23. The number of amides is 2. The average molecular weight is 286 g/mol. The van der Waals surface area contributed by atoms with E-state index >= 15 is 0 Å². The fraction of sp³-hybridized carbons (Fsp3) is 0.529. The zero-order valence-electron chi connectivity index (χ0n) is 12.7. The Morgan fingerprint density at radius 2 is 2.05 bits per heavy atom. The van der Waals surface area contributed by atoms with E-state index in [1.54, 1.807) is 4.90 Å². The maximum absolute atomic E-state index is 12.6. The summed E-state index contributed by atoms with van der Waals surface area (Å²) in [7, 11) is 0. The number of hydrogen-bond acceptors (Lipinski definition) is 2. The first-order valence-corrected chi connectivity index (χ1v) is 7.68. The SMILES string of the molecule is CC1(C)C(=O)N(CC(=O)NCC2CCC2)c2ccccc21. The second-order valence-corrected chi connectivity index (χ2v) is 6.63. The molecule has 0 unspecified atom stereocenters. The van der Waals surface area contributed by atoms with Gasteiger partial charge < -0.3 is 10.2 Å². The molecule has 1 aromatic carbocycles. The molecule has 2 aliphatic rings. The highest BCUT2D eigenvalue weighted by Crippen LogP contribution is 2.40. The van der Waals surface area contributed by atoms with Crippen LogP contribution >= 0.6 is 0 Å². The van der Waals surface area contributed by atoms with E-state index in [-0.39, 0.29) is 18.4 Å². The van der Waals surface area contributed by atoms with Gasteiger partial charge in [-0.25, -0.2) is 0 Å². The molecule has 4 nitrogen and oxygen atoms in total. The normalized spacial score (nSPS) is 20.1. The quantitative estimate of drug-likeness (QED) is 0.922. The standard InChI is InChI=1S/C17H22N2O2/c1-17(2)13-8-3-4-9-14(13)19(16(17)21)11-15(20)18-10-12-6-5-7-12/h3-4,8-9,12H,5-7,10-11H2,1-2H3,(H,18,20). The van der Waals surface area contributed by atoms with Crippen LogP contribution in [-0.4, -0.2) is 24.9 Å². The second kappa shape index (κ2) is 5.17. The fourth-order valence-electron chi connectivity index (χ4n) is 3.11. The summed E-state index contributed by atoms with van der Waals surface area (Å²) in [5, 5.41) is 2.96. The van der Waals surface area contributed by atoms with Gasteiger partial charge in [0.15, 0.2) is 0 Å². The highest BCUT2D eigenvalue weighted by Gasteiger charge is 2.44. The lowest BCUT2D eigenvalue weighted by molar-refractivity contribution is -0.125. The molecule has 0 spiro atoms. The zero-order valence-corrected chi connectivity index (χ0v) is 12.7. The molecule has 21 heavy (non-hydrogen) atoms. The number of carbonyl (C=O) groups excluding carboxylic acids is 2. The molecule has 1 fully saturated rings. The smallest absolute Gasteiger partial charge is 0.240 e. The minimum absolute atomic E-state index is 0.00231. The van der Waals surface area contributed by atoms with Gasteiger partial charge in [0.2, 0.25) is 11.8 Å². The van der Waals surface area contributed by atoms with Crippen molar-refractivity contribution in [3.05, 3.63) is 29.8 Å². The van der Waals surface area contributed by atoms with Crippen LogP contribution in [-0.2, 0) is 15.0 Å². The van der Waals surface area contributed by atoms with E-state index in [2.05, 4.69) is 5.32 Å². The summed E-state index contributed by atoms with van der Waals surface area (Å²) in [6, 6.07) is 7.74. The van der Waals surface area contributed by atoms with Crippen molar-refractivity contribution >= 4 is 17.5 Å². The van der Waals surface area contributed by atoms with Crippen molar-refractivity contribution in [1.29, 1.82) is 0 Å². The molecule has 1 saturated carbocycles. The minimum Gasteiger partial charge on any atom is -0.354 e. The van der Waals surface area contributed by atoms with Crippen molar-refractivity contribution in [2.75, 3.05) is 18.0 Å². The molecule has 0 bridgehead atoms. The van der Waals surface area contributed by atoms with Gasteiger partial charge in [-0.15, -0.1) is 0 Å². The van der Waals surface area contributed by atoms with Gasteiger partial charge in [-0.05, 0) is 44.2 Å². The van der Waals surface area contributed by atoms with E-state index in [9.17, 15) is 9.59 Å². The molecule has 1 aromatic rings. The second-order valence-electron chi connectivity index (χ2n) is 6.63. The number of nitrogens with one attached hydrogen (secondary N) is 1. The summed E-state index contributed by atoms with van der Waals surface area (Å²) in [5.41, 5.74) is 1.32. The first-order valence-electron chi connectivity index (χ1n) is 7.68. The molecule has 0 saturated heterocycles. The summed E-state index contributed by atoms with van der Waals surface area (Å²) in [6.07, 6.45) is 3.68. The van der Waals surface area contributed by atoms with Crippen LogP contribution in [0.15, 0.2) is 24.3 Å². The molecular formula is C17H22N2O2. The van der Waals surface area contributed by atoms with Crippen LogP contribution in [0.2, 0.25) is 0 Å². The maximum Gasteiger partial charge on any atom is 0.240 e. The van der Waals surface area contributed by atoms with E-state index < -0.39 is 5.41 Å². The molecule has 1 aliphatic carbocycles. The van der Waals surface area contributed by atoms with E-state index in [4.69, 9.17) is 0 Å². The van der Waals surface area contributed by atoms with Crippen molar-refractivity contribution in [2.24, 2.45) is 5.92 Å².